The van der Waals surface area contributed by atoms with Crippen LogP contribution >= 0.6 is 0 Å². The van der Waals surface area contributed by atoms with Crippen molar-refractivity contribution in [2.24, 2.45) is 5.92 Å². The normalized spacial score (nSPS) is 27.6. The largest absolute Gasteiger partial charge is 0.341 e. The Morgan fingerprint density at radius 3 is 3.00 bits per heavy atom. The van der Waals surface area contributed by atoms with E-state index in [-0.39, 0.29) is 5.91 Å². The van der Waals surface area contributed by atoms with Gasteiger partial charge in [0.2, 0.25) is 5.91 Å². The van der Waals surface area contributed by atoms with E-state index in [9.17, 15) is 9.59 Å². The van der Waals surface area contributed by atoms with Crippen LogP contribution in [0, 0.1) is 5.92 Å². The molecule has 0 radical (unpaired) electrons. The van der Waals surface area contributed by atoms with Crippen molar-refractivity contribution in [3.05, 3.63) is 0 Å². The molecule has 2 rings (SSSR count). The molecule has 102 valence electrons. The van der Waals surface area contributed by atoms with Crippen molar-refractivity contribution in [3.63, 3.8) is 0 Å². The summed E-state index contributed by atoms with van der Waals surface area (Å²) in [5.74, 6) is 0.529. The van der Waals surface area contributed by atoms with Crippen LogP contribution in [0.3, 0.4) is 0 Å². The smallest absolute Gasteiger partial charge is 0.321 e. The third-order valence-electron chi connectivity index (χ3n) is 3.87. The molecule has 2 aliphatic rings. The lowest BCUT2D eigenvalue weighted by Gasteiger charge is -2.34. The SMILES string of the molecule is CNC(=O)NC(=O)CCN1CCC2NCCC2C1. The van der Waals surface area contributed by atoms with Gasteiger partial charge < -0.3 is 15.5 Å². The molecule has 2 fully saturated rings. The summed E-state index contributed by atoms with van der Waals surface area (Å²) in [6, 6.07) is 0.250. The lowest BCUT2D eigenvalue weighted by molar-refractivity contribution is -0.120. The minimum absolute atomic E-state index is 0.207. The van der Waals surface area contributed by atoms with Crippen LogP contribution in [0.5, 0.6) is 0 Å². The third kappa shape index (κ3) is 3.43. The van der Waals surface area contributed by atoms with Gasteiger partial charge in [0.15, 0.2) is 0 Å². The Labute approximate surface area is 107 Å². The van der Waals surface area contributed by atoms with Crippen molar-refractivity contribution in [1.82, 2.24) is 20.9 Å². The van der Waals surface area contributed by atoms with Crippen molar-refractivity contribution in [3.8, 4) is 0 Å². The number of likely N-dealkylation sites (tertiary alicyclic amines) is 1. The number of nitrogens with one attached hydrogen (secondary N) is 3. The standard InChI is InChI=1S/C12H22N4O2/c1-13-12(18)15-11(17)4-7-16-6-3-10-9(8-16)2-5-14-10/h9-10,14H,2-8H2,1H3,(H2,13,15,17,18). The van der Waals surface area contributed by atoms with Gasteiger partial charge in [-0.25, -0.2) is 4.79 Å². The molecule has 18 heavy (non-hydrogen) atoms. The summed E-state index contributed by atoms with van der Waals surface area (Å²) in [6.45, 7) is 3.98. The van der Waals surface area contributed by atoms with Gasteiger partial charge in [-0.05, 0) is 31.8 Å². The molecule has 0 spiro atoms. The average molecular weight is 254 g/mol. The highest BCUT2D eigenvalue weighted by Crippen LogP contribution is 2.24. The Morgan fingerprint density at radius 2 is 2.22 bits per heavy atom. The topological polar surface area (TPSA) is 73.5 Å². The van der Waals surface area contributed by atoms with E-state index in [2.05, 4.69) is 20.9 Å². The van der Waals surface area contributed by atoms with Crippen molar-refractivity contribution >= 4 is 11.9 Å². The van der Waals surface area contributed by atoms with Crippen LogP contribution in [0.4, 0.5) is 4.79 Å². The second kappa shape index (κ2) is 6.15. The molecule has 2 heterocycles. The predicted octanol–water partition coefficient (Wildman–Crippen LogP) is -0.484. The van der Waals surface area contributed by atoms with Crippen LogP contribution in [0.25, 0.3) is 0 Å². The Balaban J connectivity index is 1.67. The van der Waals surface area contributed by atoms with E-state index in [0.717, 1.165) is 32.1 Å². The van der Waals surface area contributed by atoms with Gasteiger partial charge in [-0.2, -0.15) is 0 Å². The summed E-state index contributed by atoms with van der Waals surface area (Å²) < 4.78 is 0. The minimum Gasteiger partial charge on any atom is -0.341 e. The average Bonchev–Trinajstić information content (AvgIpc) is 2.83. The van der Waals surface area contributed by atoms with E-state index in [1.807, 2.05) is 0 Å². The van der Waals surface area contributed by atoms with Gasteiger partial charge in [-0.1, -0.05) is 0 Å². The molecule has 3 N–H and O–H groups in total. The van der Waals surface area contributed by atoms with Crippen LogP contribution in [-0.4, -0.2) is 56.1 Å². The lowest BCUT2D eigenvalue weighted by Crippen LogP contribution is -2.46. The molecule has 2 aliphatic heterocycles. The van der Waals surface area contributed by atoms with Crippen LogP contribution < -0.4 is 16.0 Å². The van der Waals surface area contributed by atoms with E-state index in [1.165, 1.54) is 19.9 Å². The molecule has 2 unspecified atom stereocenters. The summed E-state index contributed by atoms with van der Waals surface area (Å²) in [5, 5.41) is 8.18. The Kier molecular flexibility index (Phi) is 4.54. The monoisotopic (exact) mass is 254 g/mol. The number of urea groups is 1. The number of carbonyl (C=O) groups is 2. The first-order valence-electron chi connectivity index (χ1n) is 6.66. The van der Waals surface area contributed by atoms with Gasteiger partial charge in [0.25, 0.3) is 0 Å². The van der Waals surface area contributed by atoms with Crippen molar-refractivity contribution in [2.75, 3.05) is 33.2 Å². The number of carbonyl (C=O) groups excluding carboxylic acids is 2. The third-order valence-corrected chi connectivity index (χ3v) is 3.87. The maximum Gasteiger partial charge on any atom is 0.321 e. The number of piperidine rings is 1. The first kappa shape index (κ1) is 13.3. The van der Waals surface area contributed by atoms with Gasteiger partial charge >= 0.3 is 6.03 Å². The fourth-order valence-electron chi connectivity index (χ4n) is 2.84. The summed E-state index contributed by atoms with van der Waals surface area (Å²) in [6.07, 6.45) is 2.80. The fraction of sp³-hybridized carbons (Fsp3) is 0.833. The molecule has 2 atom stereocenters. The molecule has 0 aliphatic carbocycles. The second-order valence-electron chi connectivity index (χ2n) is 5.08. The van der Waals surface area contributed by atoms with Gasteiger partial charge in [-0.3, -0.25) is 10.1 Å². The number of hydrogen-bond donors (Lipinski definition) is 3. The van der Waals surface area contributed by atoms with E-state index in [4.69, 9.17) is 0 Å². The molecule has 0 aromatic rings. The van der Waals surface area contributed by atoms with Crippen molar-refractivity contribution < 1.29 is 9.59 Å². The van der Waals surface area contributed by atoms with E-state index >= 15 is 0 Å². The van der Waals surface area contributed by atoms with Gasteiger partial charge in [0.1, 0.15) is 0 Å². The number of nitrogens with zero attached hydrogens (tertiary/aromatic N) is 1. The molecule has 0 bridgehead atoms. The second-order valence-corrected chi connectivity index (χ2v) is 5.08. The fourth-order valence-corrected chi connectivity index (χ4v) is 2.84. The Morgan fingerprint density at radius 1 is 1.39 bits per heavy atom. The number of amides is 3. The maximum absolute atomic E-state index is 11.5. The molecular weight excluding hydrogens is 232 g/mol. The van der Waals surface area contributed by atoms with Crippen LogP contribution in [0.2, 0.25) is 0 Å². The van der Waals surface area contributed by atoms with Gasteiger partial charge in [0.05, 0.1) is 0 Å². The molecule has 0 saturated carbocycles. The number of rotatable bonds is 3. The maximum atomic E-state index is 11.5. The van der Waals surface area contributed by atoms with E-state index in [0.29, 0.717) is 12.5 Å². The molecular formula is C12H22N4O2. The Bertz CT molecular complexity index is 321. The first-order valence-corrected chi connectivity index (χ1v) is 6.66. The minimum atomic E-state index is -0.432. The van der Waals surface area contributed by atoms with Gasteiger partial charge in [0, 0.05) is 32.6 Å². The summed E-state index contributed by atoms with van der Waals surface area (Å²) >= 11 is 0. The van der Waals surface area contributed by atoms with E-state index < -0.39 is 6.03 Å². The number of fused-ring (bicyclic) bond motifs is 1. The van der Waals surface area contributed by atoms with E-state index in [1.54, 1.807) is 0 Å². The highest BCUT2D eigenvalue weighted by atomic mass is 16.2. The van der Waals surface area contributed by atoms with Crippen molar-refractivity contribution in [2.45, 2.75) is 25.3 Å². The molecule has 0 aromatic carbocycles. The zero-order valence-electron chi connectivity index (χ0n) is 10.9. The van der Waals surface area contributed by atoms with Crippen LogP contribution in [-0.2, 0) is 4.79 Å². The van der Waals surface area contributed by atoms with Gasteiger partial charge in [-0.15, -0.1) is 0 Å². The number of imide groups is 1. The Hall–Kier alpha value is -1.14. The summed E-state index contributed by atoms with van der Waals surface area (Å²) in [4.78, 5) is 24.8. The number of hydrogen-bond acceptors (Lipinski definition) is 4. The summed E-state index contributed by atoms with van der Waals surface area (Å²) in [7, 11) is 1.50. The highest BCUT2D eigenvalue weighted by Gasteiger charge is 2.32. The highest BCUT2D eigenvalue weighted by molar-refractivity contribution is 5.94. The molecule has 6 heteroatoms. The molecule has 0 aromatic heterocycles. The summed E-state index contributed by atoms with van der Waals surface area (Å²) in [5.41, 5.74) is 0. The lowest BCUT2D eigenvalue weighted by atomic mass is 9.93. The van der Waals surface area contributed by atoms with Crippen molar-refractivity contribution in [1.29, 1.82) is 0 Å². The predicted molar refractivity (Wildman–Crippen MR) is 68.2 cm³/mol. The van der Waals surface area contributed by atoms with Crippen LogP contribution in [0.1, 0.15) is 19.3 Å². The van der Waals surface area contributed by atoms with Crippen LogP contribution in [0.15, 0.2) is 0 Å². The molecule has 3 amide bonds. The quantitative estimate of drug-likeness (QED) is 0.636. The molecule has 6 nitrogen and oxygen atoms in total. The zero-order chi connectivity index (χ0) is 13.0. The zero-order valence-corrected chi connectivity index (χ0v) is 10.9. The first-order chi connectivity index (χ1) is 8.69. The molecule has 2 saturated heterocycles.